The predicted molar refractivity (Wildman–Crippen MR) is 99.3 cm³/mol. The van der Waals surface area contributed by atoms with E-state index in [1.54, 1.807) is 0 Å². The van der Waals surface area contributed by atoms with Crippen molar-refractivity contribution in [3.8, 4) is 0 Å². The van der Waals surface area contributed by atoms with Crippen LogP contribution in [-0.4, -0.2) is 25.8 Å². The molecule has 1 aromatic carbocycles. The largest absolute Gasteiger partial charge is 0.388 e. The molecule has 0 atom stereocenters. The first-order chi connectivity index (χ1) is 11.1. The highest BCUT2D eigenvalue weighted by Crippen LogP contribution is 2.52. The van der Waals surface area contributed by atoms with Crippen molar-refractivity contribution >= 4 is 17.1 Å². The highest BCUT2D eigenvalue weighted by atomic mass is 15.3. The van der Waals surface area contributed by atoms with Gasteiger partial charge in [0.2, 0.25) is 0 Å². The number of anilines is 2. The van der Waals surface area contributed by atoms with Crippen molar-refractivity contribution < 1.29 is 0 Å². The molecule has 0 amide bonds. The van der Waals surface area contributed by atoms with Gasteiger partial charge in [-0.25, -0.2) is 0 Å². The summed E-state index contributed by atoms with van der Waals surface area (Å²) in [5.74, 6) is 0. The van der Waals surface area contributed by atoms with E-state index in [9.17, 15) is 0 Å². The van der Waals surface area contributed by atoms with Crippen molar-refractivity contribution in [1.29, 1.82) is 0 Å². The maximum atomic E-state index is 4.59. The number of nitrogens with zero attached hydrogens (tertiary/aromatic N) is 1. The molecule has 2 aliphatic rings. The van der Waals surface area contributed by atoms with Crippen LogP contribution < -0.4 is 16.1 Å². The van der Waals surface area contributed by atoms with Crippen molar-refractivity contribution in [3.63, 3.8) is 0 Å². The Bertz CT molecular complexity index is 614. The molecule has 0 radical (unpaired) electrons. The third kappa shape index (κ3) is 3.87. The van der Waals surface area contributed by atoms with Gasteiger partial charge in [-0.2, -0.15) is 5.10 Å². The van der Waals surface area contributed by atoms with Crippen LogP contribution in [-0.2, 0) is 0 Å². The first-order valence-corrected chi connectivity index (χ1v) is 8.62. The first-order valence-electron chi connectivity index (χ1n) is 8.62. The third-order valence-electron chi connectivity index (χ3n) is 5.28. The Balaban J connectivity index is 1.65. The zero-order chi connectivity index (χ0) is 16.3. The predicted octanol–water partition coefficient (Wildman–Crippen LogP) is 3.91. The maximum absolute atomic E-state index is 4.59. The van der Waals surface area contributed by atoms with Gasteiger partial charge in [0.15, 0.2) is 0 Å². The number of hydrogen-bond acceptors (Lipinski definition) is 4. The number of rotatable bonds is 4. The SMILES string of the molecule is C=C1CCC2(CCN/N=C\1CNc1cc(NC)ccc1C)CC2. The number of nitrogens with one attached hydrogen (secondary N) is 3. The second kappa shape index (κ2) is 6.65. The molecule has 1 aliphatic heterocycles. The fraction of sp³-hybridized carbons (Fsp3) is 0.526. The van der Waals surface area contributed by atoms with E-state index in [4.69, 9.17) is 0 Å². The van der Waals surface area contributed by atoms with Gasteiger partial charge in [0.25, 0.3) is 0 Å². The van der Waals surface area contributed by atoms with Crippen molar-refractivity contribution in [1.82, 2.24) is 5.43 Å². The fourth-order valence-corrected chi connectivity index (χ4v) is 3.23. The summed E-state index contributed by atoms with van der Waals surface area (Å²) in [5, 5.41) is 11.3. The van der Waals surface area contributed by atoms with Crippen LogP contribution >= 0.6 is 0 Å². The van der Waals surface area contributed by atoms with Crippen molar-refractivity contribution in [2.75, 3.05) is 30.8 Å². The molecule has 0 saturated heterocycles. The van der Waals surface area contributed by atoms with Crippen LogP contribution in [0.2, 0.25) is 0 Å². The minimum absolute atomic E-state index is 0.589. The fourth-order valence-electron chi connectivity index (χ4n) is 3.23. The van der Waals surface area contributed by atoms with Crippen LogP contribution in [0.5, 0.6) is 0 Å². The van der Waals surface area contributed by atoms with Gasteiger partial charge in [-0.05, 0) is 67.7 Å². The van der Waals surface area contributed by atoms with Gasteiger partial charge in [0, 0.05) is 25.0 Å². The van der Waals surface area contributed by atoms with Gasteiger partial charge < -0.3 is 16.1 Å². The monoisotopic (exact) mass is 312 g/mol. The number of aryl methyl sites for hydroxylation is 1. The van der Waals surface area contributed by atoms with Gasteiger partial charge >= 0.3 is 0 Å². The summed E-state index contributed by atoms with van der Waals surface area (Å²) in [7, 11) is 1.94. The van der Waals surface area contributed by atoms with Gasteiger partial charge in [0.05, 0.1) is 12.3 Å². The van der Waals surface area contributed by atoms with Gasteiger partial charge in [-0.3, -0.25) is 0 Å². The first kappa shape index (κ1) is 15.9. The average Bonchev–Trinajstić information content (AvgIpc) is 3.32. The molecular formula is C19H28N4. The Morgan fingerprint density at radius 2 is 2.09 bits per heavy atom. The lowest BCUT2D eigenvalue weighted by Gasteiger charge is -2.15. The lowest BCUT2D eigenvalue weighted by Crippen LogP contribution is -2.20. The minimum Gasteiger partial charge on any atom is -0.388 e. The Morgan fingerprint density at radius 1 is 1.26 bits per heavy atom. The molecule has 1 fully saturated rings. The lowest BCUT2D eigenvalue weighted by molar-refractivity contribution is 0.422. The standard InChI is InChI=1S/C19H28N4/c1-14-4-5-16(20-3)12-17(14)21-13-18-15(2)6-7-19(8-9-19)10-11-22-23-18/h4-5,12,20-22H,2,6-11,13H2,1,3H3/b23-18-. The molecular weight excluding hydrogens is 284 g/mol. The van der Waals surface area contributed by atoms with Crippen LogP contribution in [0.15, 0.2) is 35.5 Å². The number of hydrogen-bond donors (Lipinski definition) is 3. The number of benzene rings is 1. The van der Waals surface area contributed by atoms with E-state index in [-0.39, 0.29) is 0 Å². The highest BCUT2D eigenvalue weighted by molar-refractivity contribution is 6.02. The zero-order valence-corrected chi connectivity index (χ0v) is 14.3. The quantitative estimate of drug-likeness (QED) is 0.790. The van der Waals surface area contributed by atoms with E-state index in [0.717, 1.165) is 30.1 Å². The Hall–Kier alpha value is -1.97. The topological polar surface area (TPSA) is 48.5 Å². The minimum atomic E-state index is 0.589. The van der Waals surface area contributed by atoms with E-state index in [2.05, 4.69) is 52.9 Å². The molecule has 3 rings (SSSR count). The molecule has 1 aliphatic carbocycles. The summed E-state index contributed by atoms with van der Waals surface area (Å²) < 4.78 is 0. The molecule has 3 N–H and O–H groups in total. The van der Waals surface area contributed by atoms with Crippen molar-refractivity contribution in [3.05, 3.63) is 35.9 Å². The molecule has 4 heteroatoms. The molecule has 1 aromatic rings. The van der Waals surface area contributed by atoms with E-state index in [0.29, 0.717) is 12.0 Å². The van der Waals surface area contributed by atoms with Crippen molar-refractivity contribution in [2.24, 2.45) is 10.5 Å². The lowest BCUT2D eigenvalue weighted by atomic mass is 9.93. The molecule has 124 valence electrons. The molecule has 0 unspecified atom stereocenters. The molecule has 1 spiro atoms. The van der Waals surface area contributed by atoms with Crippen LogP contribution in [0.4, 0.5) is 11.4 Å². The summed E-state index contributed by atoms with van der Waals surface area (Å²) in [6.45, 7) is 8.09. The van der Waals surface area contributed by atoms with E-state index >= 15 is 0 Å². The Morgan fingerprint density at radius 3 is 2.83 bits per heavy atom. The van der Waals surface area contributed by atoms with Gasteiger partial charge in [0.1, 0.15) is 0 Å². The van der Waals surface area contributed by atoms with Gasteiger partial charge in [-0.15, -0.1) is 0 Å². The van der Waals surface area contributed by atoms with Crippen LogP contribution in [0.1, 0.15) is 37.7 Å². The maximum Gasteiger partial charge on any atom is 0.0819 e. The van der Waals surface area contributed by atoms with E-state index in [1.165, 1.54) is 36.8 Å². The summed E-state index contributed by atoms with van der Waals surface area (Å²) in [6.07, 6.45) is 6.34. The molecule has 1 heterocycles. The summed E-state index contributed by atoms with van der Waals surface area (Å²) in [5.41, 5.74) is 9.56. The highest BCUT2D eigenvalue weighted by Gasteiger charge is 2.41. The normalized spacial score (nSPS) is 22.2. The third-order valence-corrected chi connectivity index (χ3v) is 5.28. The molecule has 0 aromatic heterocycles. The summed E-state index contributed by atoms with van der Waals surface area (Å²) in [6, 6.07) is 6.36. The van der Waals surface area contributed by atoms with E-state index in [1.807, 2.05) is 7.05 Å². The van der Waals surface area contributed by atoms with Crippen LogP contribution in [0.25, 0.3) is 0 Å². The van der Waals surface area contributed by atoms with Crippen LogP contribution in [0, 0.1) is 12.3 Å². The van der Waals surface area contributed by atoms with Gasteiger partial charge in [-0.1, -0.05) is 12.6 Å². The Kier molecular flexibility index (Phi) is 4.60. The second-order valence-corrected chi connectivity index (χ2v) is 6.95. The average molecular weight is 312 g/mol. The summed E-state index contributed by atoms with van der Waals surface area (Å²) >= 11 is 0. The van der Waals surface area contributed by atoms with Crippen LogP contribution in [0.3, 0.4) is 0 Å². The molecule has 4 nitrogen and oxygen atoms in total. The number of hydrazone groups is 1. The molecule has 0 bridgehead atoms. The zero-order valence-electron chi connectivity index (χ0n) is 14.3. The Labute approximate surface area is 139 Å². The van der Waals surface area contributed by atoms with E-state index < -0.39 is 0 Å². The molecule has 23 heavy (non-hydrogen) atoms. The molecule has 1 saturated carbocycles. The smallest absolute Gasteiger partial charge is 0.0819 e. The van der Waals surface area contributed by atoms with Crippen molar-refractivity contribution in [2.45, 2.75) is 39.0 Å². The summed E-state index contributed by atoms with van der Waals surface area (Å²) in [4.78, 5) is 0. The second-order valence-electron chi connectivity index (χ2n) is 6.95.